The fraction of sp³-hybridized carbons (Fsp3) is 0.538. The Morgan fingerprint density at radius 2 is 1.89 bits per heavy atom. The molecule has 0 bridgehead atoms. The minimum absolute atomic E-state index is 0.0649. The molecule has 1 rings (SSSR count). The van der Waals surface area contributed by atoms with Gasteiger partial charge < -0.3 is 5.73 Å². The van der Waals surface area contributed by atoms with Gasteiger partial charge in [-0.1, -0.05) is 38.5 Å². The van der Waals surface area contributed by atoms with Gasteiger partial charge in [0.05, 0.1) is 5.75 Å². The predicted octanol–water partition coefficient (Wildman–Crippen LogP) is 2.12. The van der Waals surface area contributed by atoms with Crippen LogP contribution in [0.1, 0.15) is 32.8 Å². The van der Waals surface area contributed by atoms with Crippen molar-refractivity contribution in [2.75, 3.05) is 5.73 Å². The Kier molecular flexibility index (Phi) is 5.16. The molecule has 0 amide bonds. The van der Waals surface area contributed by atoms with Gasteiger partial charge in [-0.15, -0.1) is 0 Å². The van der Waals surface area contributed by atoms with Crippen LogP contribution in [-0.4, -0.2) is 14.5 Å². The Morgan fingerprint density at radius 1 is 1.28 bits per heavy atom. The van der Waals surface area contributed by atoms with E-state index >= 15 is 0 Å². The van der Waals surface area contributed by atoms with Crippen molar-refractivity contribution in [3.8, 4) is 0 Å². The maximum atomic E-state index is 12.0. The Hall–Kier alpha value is -1.07. The molecule has 102 valence electrons. The smallest absolute Gasteiger partial charge is 0.216 e. The Morgan fingerprint density at radius 3 is 2.44 bits per heavy atom. The Balaban J connectivity index is 2.74. The standard InChI is InChI=1S/C13H22N2O2S/c1-4-10(2)11(3)15-18(16,17)9-12-7-5-6-8-13(12)14/h5-8,10-11,15H,4,9,14H2,1-3H3. The van der Waals surface area contributed by atoms with Crippen LogP contribution in [0.2, 0.25) is 0 Å². The van der Waals surface area contributed by atoms with Crippen LogP contribution in [0, 0.1) is 5.92 Å². The molecule has 2 unspecified atom stereocenters. The van der Waals surface area contributed by atoms with Crippen LogP contribution in [0.4, 0.5) is 5.69 Å². The average molecular weight is 270 g/mol. The highest BCUT2D eigenvalue weighted by Crippen LogP contribution is 2.15. The van der Waals surface area contributed by atoms with Crippen molar-refractivity contribution >= 4 is 15.7 Å². The summed E-state index contributed by atoms with van der Waals surface area (Å²) < 4.78 is 26.7. The number of nitrogens with two attached hydrogens (primary N) is 1. The lowest BCUT2D eigenvalue weighted by Gasteiger charge is -2.20. The molecule has 0 heterocycles. The van der Waals surface area contributed by atoms with Gasteiger partial charge in [0.1, 0.15) is 0 Å². The molecule has 0 aliphatic carbocycles. The molecule has 0 spiro atoms. The first kappa shape index (κ1) is 15.0. The van der Waals surface area contributed by atoms with Crippen molar-refractivity contribution in [3.05, 3.63) is 29.8 Å². The number of anilines is 1. The fourth-order valence-corrected chi connectivity index (χ4v) is 3.22. The number of rotatable bonds is 6. The van der Waals surface area contributed by atoms with Gasteiger partial charge in [0, 0.05) is 11.7 Å². The van der Waals surface area contributed by atoms with E-state index in [4.69, 9.17) is 5.73 Å². The zero-order valence-corrected chi connectivity index (χ0v) is 12.0. The largest absolute Gasteiger partial charge is 0.398 e. The molecule has 5 heteroatoms. The van der Waals surface area contributed by atoms with Crippen LogP contribution in [0.15, 0.2) is 24.3 Å². The molecule has 1 aromatic carbocycles. The van der Waals surface area contributed by atoms with Gasteiger partial charge in [0.15, 0.2) is 0 Å². The van der Waals surface area contributed by atoms with Gasteiger partial charge in [-0.25, -0.2) is 13.1 Å². The topological polar surface area (TPSA) is 72.2 Å². The van der Waals surface area contributed by atoms with E-state index in [-0.39, 0.29) is 11.8 Å². The molecule has 4 nitrogen and oxygen atoms in total. The van der Waals surface area contributed by atoms with E-state index in [1.165, 1.54) is 0 Å². The number of sulfonamides is 1. The molecule has 0 fully saturated rings. The van der Waals surface area contributed by atoms with Crippen LogP contribution < -0.4 is 10.5 Å². The summed E-state index contributed by atoms with van der Waals surface area (Å²) in [4.78, 5) is 0. The highest BCUT2D eigenvalue weighted by Gasteiger charge is 2.19. The first-order chi connectivity index (χ1) is 8.35. The summed E-state index contributed by atoms with van der Waals surface area (Å²) in [7, 11) is -3.34. The van der Waals surface area contributed by atoms with Gasteiger partial charge in [-0.2, -0.15) is 0 Å². The summed E-state index contributed by atoms with van der Waals surface area (Å²) >= 11 is 0. The summed E-state index contributed by atoms with van der Waals surface area (Å²) in [6, 6.07) is 6.97. The van der Waals surface area contributed by atoms with E-state index in [1.54, 1.807) is 24.3 Å². The van der Waals surface area contributed by atoms with Gasteiger partial charge >= 0.3 is 0 Å². The molecule has 0 aliphatic rings. The highest BCUT2D eigenvalue weighted by molar-refractivity contribution is 7.88. The van der Waals surface area contributed by atoms with E-state index in [1.807, 2.05) is 20.8 Å². The van der Waals surface area contributed by atoms with Crippen molar-refractivity contribution in [1.29, 1.82) is 0 Å². The molecule has 0 saturated carbocycles. The van der Waals surface area contributed by atoms with Crippen molar-refractivity contribution in [1.82, 2.24) is 4.72 Å². The Labute approximate surface area is 110 Å². The quantitative estimate of drug-likeness (QED) is 0.778. The van der Waals surface area contributed by atoms with E-state index in [9.17, 15) is 8.42 Å². The van der Waals surface area contributed by atoms with Crippen molar-refractivity contribution in [3.63, 3.8) is 0 Å². The molecular formula is C13H22N2O2S. The van der Waals surface area contributed by atoms with Gasteiger partial charge in [0.2, 0.25) is 10.0 Å². The van der Waals surface area contributed by atoms with Crippen LogP contribution in [0.25, 0.3) is 0 Å². The third-order valence-corrected chi connectivity index (χ3v) is 4.69. The van der Waals surface area contributed by atoms with Gasteiger partial charge in [-0.3, -0.25) is 0 Å². The van der Waals surface area contributed by atoms with Crippen LogP contribution in [0.5, 0.6) is 0 Å². The maximum Gasteiger partial charge on any atom is 0.216 e. The second-order valence-corrected chi connectivity index (χ2v) is 6.50. The SMILES string of the molecule is CCC(C)C(C)NS(=O)(=O)Cc1ccccc1N. The maximum absolute atomic E-state index is 12.0. The molecule has 0 aliphatic heterocycles. The molecular weight excluding hydrogens is 248 g/mol. The van der Waals surface area contributed by atoms with Crippen LogP contribution >= 0.6 is 0 Å². The lowest BCUT2D eigenvalue weighted by Crippen LogP contribution is -2.37. The summed E-state index contributed by atoms with van der Waals surface area (Å²) in [5, 5.41) is 0. The zero-order valence-electron chi connectivity index (χ0n) is 11.2. The average Bonchev–Trinajstić information content (AvgIpc) is 2.30. The first-order valence-corrected chi connectivity index (χ1v) is 7.84. The lowest BCUT2D eigenvalue weighted by atomic mass is 10.0. The molecule has 0 radical (unpaired) electrons. The number of nitrogens with one attached hydrogen (secondary N) is 1. The number of benzene rings is 1. The third-order valence-electron chi connectivity index (χ3n) is 3.26. The third kappa shape index (κ3) is 4.31. The molecule has 3 N–H and O–H groups in total. The van der Waals surface area contributed by atoms with Crippen LogP contribution in [-0.2, 0) is 15.8 Å². The minimum Gasteiger partial charge on any atom is -0.398 e. The second-order valence-electron chi connectivity index (χ2n) is 4.75. The molecule has 2 atom stereocenters. The molecule has 0 aromatic heterocycles. The predicted molar refractivity (Wildman–Crippen MR) is 75.5 cm³/mol. The lowest BCUT2D eigenvalue weighted by molar-refractivity contribution is 0.434. The van der Waals surface area contributed by atoms with Crippen molar-refractivity contribution in [2.24, 2.45) is 5.92 Å². The van der Waals surface area contributed by atoms with E-state index < -0.39 is 10.0 Å². The van der Waals surface area contributed by atoms with E-state index in [0.717, 1.165) is 6.42 Å². The fourth-order valence-electron chi connectivity index (χ4n) is 1.66. The van der Waals surface area contributed by atoms with Crippen molar-refractivity contribution < 1.29 is 8.42 Å². The number of para-hydroxylation sites is 1. The highest BCUT2D eigenvalue weighted by atomic mass is 32.2. The summed E-state index contributed by atoms with van der Waals surface area (Å²) in [5.74, 6) is 0.244. The monoisotopic (exact) mass is 270 g/mol. The summed E-state index contributed by atoms with van der Waals surface area (Å²) in [5.41, 5.74) is 6.91. The van der Waals surface area contributed by atoms with Gasteiger partial charge in [0.25, 0.3) is 0 Å². The number of nitrogen functional groups attached to an aromatic ring is 1. The normalized spacial score (nSPS) is 15.3. The van der Waals surface area contributed by atoms with Crippen LogP contribution in [0.3, 0.4) is 0 Å². The first-order valence-electron chi connectivity index (χ1n) is 6.19. The van der Waals surface area contributed by atoms with E-state index in [2.05, 4.69) is 4.72 Å². The van der Waals surface area contributed by atoms with E-state index in [0.29, 0.717) is 17.2 Å². The van der Waals surface area contributed by atoms with Gasteiger partial charge in [-0.05, 0) is 24.5 Å². The summed E-state index contributed by atoms with van der Waals surface area (Å²) in [6.07, 6.45) is 0.942. The Bertz CT molecular complexity index is 486. The number of hydrogen-bond acceptors (Lipinski definition) is 3. The van der Waals surface area contributed by atoms with Crippen molar-refractivity contribution in [2.45, 2.75) is 39.0 Å². The number of hydrogen-bond donors (Lipinski definition) is 2. The molecule has 1 aromatic rings. The minimum atomic E-state index is -3.34. The summed E-state index contributed by atoms with van der Waals surface area (Å²) in [6.45, 7) is 5.97. The molecule has 18 heavy (non-hydrogen) atoms. The molecule has 0 saturated heterocycles. The zero-order chi connectivity index (χ0) is 13.8. The second kappa shape index (κ2) is 6.20.